The Balaban J connectivity index is 2.55. The molecule has 0 aliphatic rings. The van der Waals surface area contributed by atoms with Crippen molar-refractivity contribution in [3.05, 3.63) is 21.9 Å². The molecule has 0 aromatic carbocycles. The molecule has 0 atom stereocenters. The van der Waals surface area contributed by atoms with Crippen LogP contribution in [0.3, 0.4) is 0 Å². The SMILES string of the molecule is CCc1ccsc1CNC(=O)C(C)(C)OC. The summed E-state index contributed by atoms with van der Waals surface area (Å²) in [6, 6.07) is 2.10. The Morgan fingerprint density at radius 3 is 2.81 bits per heavy atom. The van der Waals surface area contributed by atoms with Gasteiger partial charge in [-0.2, -0.15) is 0 Å². The summed E-state index contributed by atoms with van der Waals surface area (Å²) in [5.41, 5.74) is 0.546. The summed E-state index contributed by atoms with van der Waals surface area (Å²) in [4.78, 5) is 13.0. The zero-order chi connectivity index (χ0) is 12.2. The minimum atomic E-state index is -0.760. The number of amides is 1. The fourth-order valence-electron chi connectivity index (χ4n) is 1.30. The maximum absolute atomic E-state index is 11.8. The fraction of sp³-hybridized carbons (Fsp3) is 0.583. The number of carbonyl (C=O) groups excluding carboxylic acids is 1. The summed E-state index contributed by atoms with van der Waals surface area (Å²) in [6.07, 6.45) is 1.00. The minimum absolute atomic E-state index is 0.0783. The van der Waals surface area contributed by atoms with Crippen molar-refractivity contribution in [2.75, 3.05) is 7.11 Å². The molecule has 0 saturated carbocycles. The van der Waals surface area contributed by atoms with Crippen LogP contribution in [0, 0.1) is 0 Å². The molecule has 1 aromatic rings. The molecule has 0 spiro atoms. The molecule has 1 N–H and O–H groups in total. The van der Waals surface area contributed by atoms with Crippen molar-refractivity contribution in [3.8, 4) is 0 Å². The number of rotatable bonds is 5. The zero-order valence-corrected chi connectivity index (χ0v) is 11.1. The highest BCUT2D eigenvalue weighted by Gasteiger charge is 2.26. The summed E-state index contributed by atoms with van der Waals surface area (Å²) in [7, 11) is 1.54. The van der Waals surface area contributed by atoms with Gasteiger partial charge in [-0.15, -0.1) is 11.3 Å². The molecule has 4 heteroatoms. The zero-order valence-electron chi connectivity index (χ0n) is 10.3. The van der Waals surface area contributed by atoms with Crippen molar-refractivity contribution in [2.24, 2.45) is 0 Å². The van der Waals surface area contributed by atoms with Crippen molar-refractivity contribution in [1.82, 2.24) is 5.32 Å². The van der Waals surface area contributed by atoms with E-state index in [0.717, 1.165) is 6.42 Å². The molecule has 0 bridgehead atoms. The lowest BCUT2D eigenvalue weighted by Crippen LogP contribution is -2.43. The molecular formula is C12H19NO2S. The third-order valence-corrected chi connectivity index (χ3v) is 3.65. The van der Waals surface area contributed by atoms with Crippen LogP contribution in [0.2, 0.25) is 0 Å². The lowest BCUT2D eigenvalue weighted by Gasteiger charge is -2.21. The molecule has 16 heavy (non-hydrogen) atoms. The highest BCUT2D eigenvalue weighted by atomic mass is 32.1. The van der Waals surface area contributed by atoms with Crippen LogP contribution < -0.4 is 5.32 Å². The van der Waals surface area contributed by atoms with E-state index in [1.165, 1.54) is 10.4 Å². The van der Waals surface area contributed by atoms with E-state index in [1.807, 2.05) is 0 Å². The molecular weight excluding hydrogens is 222 g/mol. The lowest BCUT2D eigenvalue weighted by molar-refractivity contribution is -0.139. The number of carbonyl (C=O) groups is 1. The van der Waals surface area contributed by atoms with Crippen LogP contribution in [0.15, 0.2) is 11.4 Å². The van der Waals surface area contributed by atoms with Gasteiger partial charge < -0.3 is 10.1 Å². The van der Waals surface area contributed by atoms with E-state index < -0.39 is 5.60 Å². The molecule has 90 valence electrons. The van der Waals surface area contributed by atoms with Crippen LogP contribution in [0.1, 0.15) is 31.2 Å². The Morgan fingerprint density at radius 2 is 2.25 bits per heavy atom. The smallest absolute Gasteiger partial charge is 0.251 e. The first-order valence-corrected chi connectivity index (χ1v) is 6.28. The van der Waals surface area contributed by atoms with Crippen molar-refractivity contribution >= 4 is 17.2 Å². The summed E-state index contributed by atoms with van der Waals surface area (Å²) < 4.78 is 5.12. The topological polar surface area (TPSA) is 38.3 Å². The van der Waals surface area contributed by atoms with Gasteiger partial charge in [0, 0.05) is 12.0 Å². The Bertz CT molecular complexity index is 358. The molecule has 0 saturated heterocycles. The Morgan fingerprint density at radius 1 is 1.56 bits per heavy atom. The molecule has 0 fully saturated rings. The Kier molecular flexibility index (Phi) is 4.50. The second-order valence-corrected chi connectivity index (χ2v) is 5.12. The van der Waals surface area contributed by atoms with Gasteiger partial charge in [0.1, 0.15) is 5.60 Å². The van der Waals surface area contributed by atoms with Crippen LogP contribution in [0.4, 0.5) is 0 Å². The number of thiophene rings is 1. The van der Waals surface area contributed by atoms with E-state index >= 15 is 0 Å². The fourth-order valence-corrected chi connectivity index (χ4v) is 2.22. The van der Waals surface area contributed by atoms with Gasteiger partial charge in [-0.05, 0) is 37.3 Å². The van der Waals surface area contributed by atoms with E-state index in [0.29, 0.717) is 6.54 Å². The molecule has 1 rings (SSSR count). The largest absolute Gasteiger partial charge is 0.369 e. The number of hydrogen-bond donors (Lipinski definition) is 1. The van der Waals surface area contributed by atoms with E-state index in [-0.39, 0.29) is 5.91 Å². The molecule has 1 amide bonds. The van der Waals surface area contributed by atoms with E-state index in [4.69, 9.17) is 4.74 Å². The standard InChI is InChI=1S/C12H19NO2S/c1-5-9-6-7-16-10(9)8-13-11(14)12(2,3)15-4/h6-7H,5,8H2,1-4H3,(H,13,14). The van der Waals surface area contributed by atoms with Gasteiger partial charge in [0.15, 0.2) is 0 Å². The first-order chi connectivity index (χ1) is 7.51. The van der Waals surface area contributed by atoms with E-state index in [1.54, 1.807) is 32.3 Å². The van der Waals surface area contributed by atoms with Crippen LogP contribution in [-0.2, 0) is 22.5 Å². The molecule has 3 nitrogen and oxygen atoms in total. The molecule has 0 aliphatic carbocycles. The number of ether oxygens (including phenoxy) is 1. The molecule has 0 unspecified atom stereocenters. The van der Waals surface area contributed by atoms with Gasteiger partial charge in [0.2, 0.25) is 0 Å². The van der Waals surface area contributed by atoms with Gasteiger partial charge in [-0.25, -0.2) is 0 Å². The highest BCUT2D eigenvalue weighted by molar-refractivity contribution is 7.10. The first kappa shape index (κ1) is 13.2. The number of nitrogens with one attached hydrogen (secondary N) is 1. The summed E-state index contributed by atoms with van der Waals surface area (Å²) in [6.45, 7) is 6.23. The first-order valence-electron chi connectivity index (χ1n) is 5.40. The maximum atomic E-state index is 11.8. The predicted octanol–water partition coefficient (Wildman–Crippen LogP) is 2.35. The van der Waals surface area contributed by atoms with Crippen molar-refractivity contribution in [2.45, 2.75) is 39.3 Å². The second-order valence-electron chi connectivity index (χ2n) is 4.12. The molecule has 1 heterocycles. The van der Waals surface area contributed by atoms with E-state index in [2.05, 4.69) is 23.7 Å². The minimum Gasteiger partial charge on any atom is -0.369 e. The molecule has 1 aromatic heterocycles. The normalized spacial score (nSPS) is 11.5. The van der Waals surface area contributed by atoms with Crippen LogP contribution in [-0.4, -0.2) is 18.6 Å². The monoisotopic (exact) mass is 241 g/mol. The average molecular weight is 241 g/mol. The Hall–Kier alpha value is -0.870. The predicted molar refractivity (Wildman–Crippen MR) is 66.6 cm³/mol. The average Bonchev–Trinajstić information content (AvgIpc) is 2.72. The van der Waals surface area contributed by atoms with Crippen LogP contribution >= 0.6 is 11.3 Å². The van der Waals surface area contributed by atoms with Gasteiger partial charge in [-0.1, -0.05) is 6.92 Å². The number of aryl methyl sites for hydroxylation is 1. The van der Waals surface area contributed by atoms with Crippen LogP contribution in [0.25, 0.3) is 0 Å². The number of hydrogen-bond acceptors (Lipinski definition) is 3. The van der Waals surface area contributed by atoms with Crippen molar-refractivity contribution in [1.29, 1.82) is 0 Å². The van der Waals surface area contributed by atoms with Gasteiger partial charge in [0.25, 0.3) is 5.91 Å². The summed E-state index contributed by atoms with van der Waals surface area (Å²) >= 11 is 1.68. The quantitative estimate of drug-likeness (QED) is 0.859. The van der Waals surface area contributed by atoms with Crippen molar-refractivity contribution < 1.29 is 9.53 Å². The third kappa shape index (κ3) is 3.06. The Labute approximate surface area is 101 Å². The van der Waals surface area contributed by atoms with Gasteiger partial charge >= 0.3 is 0 Å². The molecule has 0 radical (unpaired) electrons. The third-order valence-electron chi connectivity index (χ3n) is 2.69. The van der Waals surface area contributed by atoms with E-state index in [9.17, 15) is 4.79 Å². The number of methoxy groups -OCH3 is 1. The lowest BCUT2D eigenvalue weighted by atomic mass is 10.1. The van der Waals surface area contributed by atoms with Crippen molar-refractivity contribution in [3.63, 3.8) is 0 Å². The van der Waals surface area contributed by atoms with Crippen LogP contribution in [0.5, 0.6) is 0 Å². The van der Waals surface area contributed by atoms with Gasteiger partial charge in [-0.3, -0.25) is 4.79 Å². The highest BCUT2D eigenvalue weighted by Crippen LogP contribution is 2.17. The second kappa shape index (κ2) is 5.46. The van der Waals surface area contributed by atoms with Gasteiger partial charge in [0.05, 0.1) is 6.54 Å². The maximum Gasteiger partial charge on any atom is 0.251 e. The molecule has 0 aliphatic heterocycles. The summed E-state index contributed by atoms with van der Waals surface area (Å²) in [5, 5.41) is 4.95. The summed E-state index contributed by atoms with van der Waals surface area (Å²) in [5.74, 6) is -0.0783.